The number of rotatable bonds is 8. The normalized spacial score (nSPS) is 11.6. The number of carboxylic acid groups (broad SMARTS) is 1. The van der Waals surface area contributed by atoms with Gasteiger partial charge in [-0.2, -0.15) is 25.1 Å². The molecule has 0 aliphatic rings. The van der Waals surface area contributed by atoms with Crippen LogP contribution in [0.2, 0.25) is 0 Å². The van der Waals surface area contributed by atoms with E-state index in [0.717, 1.165) is 5.56 Å². The van der Waals surface area contributed by atoms with Gasteiger partial charge in [-0.3, -0.25) is 4.79 Å². The van der Waals surface area contributed by atoms with E-state index in [1.165, 1.54) is 42.7 Å². The van der Waals surface area contributed by atoms with Gasteiger partial charge in [0, 0.05) is 16.5 Å². The molecular weight excluding hydrogens is 394 g/mol. The van der Waals surface area contributed by atoms with Gasteiger partial charge in [-0.15, -0.1) is 0 Å². The molecule has 0 aliphatic heterocycles. The topological polar surface area (TPSA) is 94.7 Å². The predicted octanol–water partition coefficient (Wildman–Crippen LogP) is 4.42. The van der Waals surface area contributed by atoms with Crippen LogP contribution in [0.4, 0.5) is 8.78 Å². The minimum absolute atomic E-state index is 0.0514. The van der Waals surface area contributed by atoms with Gasteiger partial charge >= 0.3 is 12.6 Å². The first-order valence-corrected chi connectivity index (χ1v) is 8.82. The molecule has 0 saturated carbocycles. The van der Waals surface area contributed by atoms with Gasteiger partial charge in [-0.05, 0) is 35.2 Å². The molecule has 3 rings (SSSR count). The number of halogens is 2. The van der Waals surface area contributed by atoms with E-state index in [4.69, 9.17) is 9.26 Å². The molecule has 1 aromatic carbocycles. The first kappa shape index (κ1) is 19.5. The number of carbonyl (C=O) groups is 1. The van der Waals surface area contributed by atoms with Crippen molar-refractivity contribution < 1.29 is 32.7 Å². The maximum atomic E-state index is 12.4. The molecule has 3 aromatic rings. The van der Waals surface area contributed by atoms with Crippen LogP contribution in [0.3, 0.4) is 0 Å². The van der Waals surface area contributed by atoms with E-state index in [0.29, 0.717) is 11.4 Å². The summed E-state index contributed by atoms with van der Waals surface area (Å²) >= 11 is 1.47. The molecule has 7 nitrogen and oxygen atoms in total. The average Bonchev–Trinajstić information content (AvgIpc) is 3.33. The molecule has 0 bridgehead atoms. The molecule has 0 aliphatic carbocycles. The lowest BCUT2D eigenvalue weighted by atomic mass is 10.1. The molecule has 0 amide bonds. The van der Waals surface area contributed by atoms with Crippen molar-refractivity contribution in [2.24, 2.45) is 0 Å². The summed E-state index contributed by atoms with van der Waals surface area (Å²) in [5.74, 6) is -0.757. The van der Waals surface area contributed by atoms with E-state index in [9.17, 15) is 18.7 Å². The largest absolute Gasteiger partial charge is 0.493 e. The number of benzene rings is 1. The number of aromatic nitrogens is 2. The van der Waals surface area contributed by atoms with Gasteiger partial charge in [-0.25, -0.2) is 0 Å². The van der Waals surface area contributed by atoms with Crippen molar-refractivity contribution in [2.75, 3.05) is 7.11 Å². The van der Waals surface area contributed by atoms with Crippen molar-refractivity contribution in [3.05, 3.63) is 46.5 Å². The number of nitrogens with zero attached hydrogens (tertiary/aromatic N) is 2. The number of thiophene rings is 1. The maximum Gasteiger partial charge on any atom is 0.387 e. The number of methoxy groups -OCH3 is 1. The number of ether oxygens (including phenoxy) is 2. The molecular formula is C18H14F2N2O5S. The van der Waals surface area contributed by atoms with E-state index in [-0.39, 0.29) is 29.4 Å². The summed E-state index contributed by atoms with van der Waals surface area (Å²) in [4.78, 5) is 15.5. The molecule has 0 fully saturated rings. The highest BCUT2D eigenvalue weighted by molar-refractivity contribution is 7.08. The number of aliphatic carboxylic acids is 1. The first-order chi connectivity index (χ1) is 13.5. The molecule has 1 N–H and O–H groups in total. The Morgan fingerprint density at radius 1 is 1.36 bits per heavy atom. The highest BCUT2D eigenvalue weighted by Gasteiger charge is 2.17. The van der Waals surface area contributed by atoms with Crippen molar-refractivity contribution in [1.82, 2.24) is 10.1 Å². The maximum absolute atomic E-state index is 12.4. The minimum Gasteiger partial charge on any atom is -0.493 e. The zero-order valence-corrected chi connectivity index (χ0v) is 15.3. The van der Waals surface area contributed by atoms with Crippen LogP contribution in [-0.2, 0) is 4.79 Å². The van der Waals surface area contributed by atoms with Crippen molar-refractivity contribution in [1.29, 1.82) is 0 Å². The second-order valence-corrected chi connectivity index (χ2v) is 6.24. The Bertz CT molecular complexity index is 986. The van der Waals surface area contributed by atoms with Gasteiger partial charge in [0.25, 0.3) is 5.89 Å². The molecule has 0 radical (unpaired) electrons. The second kappa shape index (κ2) is 8.61. The zero-order valence-electron chi connectivity index (χ0n) is 14.5. The Morgan fingerprint density at radius 3 is 2.82 bits per heavy atom. The predicted molar refractivity (Wildman–Crippen MR) is 97.4 cm³/mol. The highest BCUT2D eigenvalue weighted by atomic mass is 32.1. The summed E-state index contributed by atoms with van der Waals surface area (Å²) in [5.41, 5.74) is 1.50. The third-order valence-electron chi connectivity index (χ3n) is 3.57. The van der Waals surface area contributed by atoms with E-state index in [1.54, 1.807) is 0 Å². The fourth-order valence-corrected chi connectivity index (χ4v) is 3.02. The highest BCUT2D eigenvalue weighted by Crippen LogP contribution is 2.32. The molecule has 146 valence electrons. The van der Waals surface area contributed by atoms with Gasteiger partial charge in [0.2, 0.25) is 5.82 Å². The van der Waals surface area contributed by atoms with E-state index >= 15 is 0 Å². The van der Waals surface area contributed by atoms with Crippen LogP contribution >= 0.6 is 11.3 Å². The molecule has 2 aromatic heterocycles. The monoisotopic (exact) mass is 408 g/mol. The standard InChI is InChI=1S/C18H14F2N2O5S/c1-25-14-7-10(2-3-13(14)26-18(19)20)6-12(8-15(23)24)17-21-16(22-27-17)11-4-5-28-9-11/h2-7,9,18H,8H2,1H3,(H,23,24)/b12-6+. The van der Waals surface area contributed by atoms with Crippen LogP contribution in [0, 0.1) is 0 Å². The summed E-state index contributed by atoms with van der Waals surface area (Å²) in [6.07, 6.45) is 1.14. The van der Waals surface area contributed by atoms with E-state index in [2.05, 4.69) is 14.9 Å². The Balaban J connectivity index is 1.95. The summed E-state index contributed by atoms with van der Waals surface area (Å²) in [6, 6.07) is 6.04. The summed E-state index contributed by atoms with van der Waals surface area (Å²) in [6.45, 7) is -2.99. The number of hydrogen-bond donors (Lipinski definition) is 1. The lowest BCUT2D eigenvalue weighted by Crippen LogP contribution is -2.03. The summed E-state index contributed by atoms with van der Waals surface area (Å²) in [7, 11) is 1.31. The molecule has 10 heteroatoms. The lowest BCUT2D eigenvalue weighted by Gasteiger charge is -2.10. The fourth-order valence-electron chi connectivity index (χ4n) is 2.38. The minimum atomic E-state index is -2.99. The van der Waals surface area contributed by atoms with Crippen molar-refractivity contribution >= 4 is 29.0 Å². The van der Waals surface area contributed by atoms with Crippen LogP contribution in [0.25, 0.3) is 23.0 Å². The van der Waals surface area contributed by atoms with Crippen molar-refractivity contribution in [3.8, 4) is 22.9 Å². The number of alkyl halides is 2. The molecule has 0 unspecified atom stereocenters. The smallest absolute Gasteiger partial charge is 0.387 e. The van der Waals surface area contributed by atoms with E-state index in [1.807, 2.05) is 16.8 Å². The third-order valence-corrected chi connectivity index (χ3v) is 4.25. The van der Waals surface area contributed by atoms with Gasteiger partial charge in [0.1, 0.15) is 0 Å². The molecule has 0 saturated heterocycles. The lowest BCUT2D eigenvalue weighted by molar-refractivity contribution is -0.135. The fraction of sp³-hybridized carbons (Fsp3) is 0.167. The molecule has 28 heavy (non-hydrogen) atoms. The third kappa shape index (κ3) is 4.71. The Kier molecular flexibility index (Phi) is 5.99. The van der Waals surface area contributed by atoms with Gasteiger partial charge in [0.05, 0.1) is 13.5 Å². The van der Waals surface area contributed by atoms with Crippen LogP contribution in [0.1, 0.15) is 17.9 Å². The van der Waals surface area contributed by atoms with Crippen molar-refractivity contribution in [2.45, 2.75) is 13.0 Å². The Morgan fingerprint density at radius 2 is 2.18 bits per heavy atom. The second-order valence-electron chi connectivity index (χ2n) is 5.46. The number of carboxylic acids is 1. The molecule has 0 spiro atoms. The average molecular weight is 408 g/mol. The quantitative estimate of drug-likeness (QED) is 0.589. The summed E-state index contributed by atoms with van der Waals surface area (Å²) in [5, 5.41) is 16.8. The van der Waals surface area contributed by atoms with Crippen LogP contribution in [0.5, 0.6) is 11.5 Å². The SMILES string of the molecule is COc1cc(/C=C(\CC(=O)O)c2nc(-c3ccsc3)no2)ccc1OC(F)F. The molecule has 0 atom stereocenters. The van der Waals surface area contributed by atoms with Gasteiger partial charge in [-0.1, -0.05) is 11.2 Å². The summed E-state index contributed by atoms with van der Waals surface area (Å²) < 4.78 is 39.5. The molecule has 2 heterocycles. The Hall–Kier alpha value is -3.27. The van der Waals surface area contributed by atoms with E-state index < -0.39 is 12.6 Å². The van der Waals surface area contributed by atoms with Crippen LogP contribution in [-0.4, -0.2) is 34.9 Å². The number of hydrogen-bond acceptors (Lipinski definition) is 7. The van der Waals surface area contributed by atoms with Crippen molar-refractivity contribution in [3.63, 3.8) is 0 Å². The Labute approximate surface area is 161 Å². The van der Waals surface area contributed by atoms with Gasteiger partial charge < -0.3 is 19.1 Å². The first-order valence-electron chi connectivity index (χ1n) is 7.88. The van der Waals surface area contributed by atoms with Crippen LogP contribution < -0.4 is 9.47 Å². The van der Waals surface area contributed by atoms with Gasteiger partial charge in [0.15, 0.2) is 11.5 Å². The van der Waals surface area contributed by atoms with Crippen LogP contribution in [0.15, 0.2) is 39.5 Å². The zero-order chi connectivity index (χ0) is 20.1.